The number of methoxy groups -OCH3 is 1. The van der Waals surface area contributed by atoms with Crippen molar-refractivity contribution in [3.63, 3.8) is 0 Å². The van der Waals surface area contributed by atoms with E-state index in [2.05, 4.69) is 23.0 Å². The van der Waals surface area contributed by atoms with Crippen LogP contribution in [0.2, 0.25) is 0 Å². The van der Waals surface area contributed by atoms with Crippen LogP contribution in [0.4, 0.5) is 0 Å². The first-order chi connectivity index (χ1) is 12.6. The molecule has 1 fully saturated rings. The number of rotatable bonds is 3. The van der Waals surface area contributed by atoms with Crippen molar-refractivity contribution in [1.29, 1.82) is 0 Å². The number of nitrogens with zero attached hydrogens (tertiary/aromatic N) is 4. The molecule has 1 spiro atoms. The van der Waals surface area contributed by atoms with E-state index < -0.39 is 0 Å². The zero-order valence-electron chi connectivity index (χ0n) is 15.3. The lowest BCUT2D eigenvalue weighted by molar-refractivity contribution is 0.0554. The van der Waals surface area contributed by atoms with E-state index in [4.69, 9.17) is 14.2 Å². The van der Waals surface area contributed by atoms with E-state index in [-0.39, 0.29) is 17.1 Å². The van der Waals surface area contributed by atoms with Crippen molar-refractivity contribution in [1.82, 2.24) is 19.9 Å². The standard InChI is InChI=1S/C19H24N4O3/c1-3-22-12-14-5-4-8-20-17(14)19(13-22)6-9-23(10-7-19)18(24)15-11-16(25-2)21-26-15/h4-5,8,11H,3,6-7,9-10,12-13H2,1-2H3. The molecule has 0 bridgehead atoms. The average Bonchev–Trinajstić information content (AvgIpc) is 3.17. The maximum absolute atomic E-state index is 12.7. The largest absolute Gasteiger partial charge is 0.479 e. The van der Waals surface area contributed by atoms with Crippen LogP contribution in [0.15, 0.2) is 28.9 Å². The van der Waals surface area contributed by atoms with E-state index in [0.29, 0.717) is 19.0 Å². The Morgan fingerprint density at radius 2 is 2.19 bits per heavy atom. The SMILES string of the molecule is CCN1Cc2cccnc2C2(CCN(C(=O)c3cc(OC)no3)CC2)C1. The molecule has 0 N–H and O–H groups in total. The Kier molecular flexibility index (Phi) is 4.40. The van der Waals surface area contributed by atoms with E-state index in [0.717, 1.165) is 32.5 Å². The molecule has 0 unspecified atom stereocenters. The Morgan fingerprint density at radius 1 is 1.38 bits per heavy atom. The summed E-state index contributed by atoms with van der Waals surface area (Å²) in [6.45, 7) is 6.57. The van der Waals surface area contributed by atoms with Gasteiger partial charge < -0.3 is 14.2 Å². The Labute approximate surface area is 152 Å². The molecule has 1 amide bonds. The topological polar surface area (TPSA) is 71.7 Å². The number of pyridine rings is 1. The first kappa shape index (κ1) is 17.0. The summed E-state index contributed by atoms with van der Waals surface area (Å²) >= 11 is 0. The smallest absolute Gasteiger partial charge is 0.292 e. The second-order valence-electron chi connectivity index (χ2n) is 7.12. The van der Waals surface area contributed by atoms with Crippen LogP contribution in [0.3, 0.4) is 0 Å². The number of likely N-dealkylation sites (N-methyl/N-ethyl adjacent to an activating group) is 1. The van der Waals surface area contributed by atoms with Gasteiger partial charge in [-0.25, -0.2) is 0 Å². The minimum Gasteiger partial charge on any atom is -0.479 e. The Bertz CT molecular complexity index is 796. The fourth-order valence-electron chi connectivity index (χ4n) is 4.21. The van der Waals surface area contributed by atoms with Gasteiger partial charge in [-0.1, -0.05) is 13.0 Å². The lowest BCUT2D eigenvalue weighted by Crippen LogP contribution is -2.53. The van der Waals surface area contributed by atoms with Gasteiger partial charge >= 0.3 is 0 Å². The molecule has 7 heteroatoms. The van der Waals surface area contributed by atoms with Gasteiger partial charge in [-0.15, -0.1) is 0 Å². The highest BCUT2D eigenvalue weighted by molar-refractivity contribution is 5.91. The summed E-state index contributed by atoms with van der Waals surface area (Å²) in [7, 11) is 1.50. The van der Waals surface area contributed by atoms with Crippen LogP contribution in [0.25, 0.3) is 0 Å². The van der Waals surface area contributed by atoms with Gasteiger partial charge in [0.05, 0.1) is 18.9 Å². The summed E-state index contributed by atoms with van der Waals surface area (Å²) in [5.74, 6) is 0.432. The van der Waals surface area contributed by atoms with Crippen LogP contribution in [0, 0.1) is 0 Å². The Morgan fingerprint density at radius 3 is 2.88 bits per heavy atom. The summed E-state index contributed by atoms with van der Waals surface area (Å²) in [6.07, 6.45) is 3.70. The molecule has 2 aromatic heterocycles. The van der Waals surface area contributed by atoms with Crippen LogP contribution < -0.4 is 4.74 Å². The second-order valence-corrected chi connectivity index (χ2v) is 7.12. The maximum Gasteiger partial charge on any atom is 0.292 e. The highest BCUT2D eigenvalue weighted by Gasteiger charge is 2.43. The van der Waals surface area contributed by atoms with Gasteiger partial charge in [0.2, 0.25) is 5.76 Å². The van der Waals surface area contributed by atoms with Gasteiger partial charge in [0.25, 0.3) is 11.8 Å². The third-order valence-corrected chi connectivity index (χ3v) is 5.68. The number of fused-ring (bicyclic) bond motifs is 2. The molecule has 0 saturated carbocycles. The molecule has 2 aliphatic heterocycles. The Balaban J connectivity index is 1.53. The fraction of sp³-hybridized carbons (Fsp3) is 0.526. The minimum atomic E-state index is -0.125. The summed E-state index contributed by atoms with van der Waals surface area (Å²) in [4.78, 5) is 21.7. The van der Waals surface area contributed by atoms with E-state index in [1.54, 1.807) is 6.07 Å². The van der Waals surface area contributed by atoms with Crippen LogP contribution in [0.1, 0.15) is 41.6 Å². The second kappa shape index (κ2) is 6.72. The van der Waals surface area contributed by atoms with E-state index in [9.17, 15) is 4.79 Å². The van der Waals surface area contributed by atoms with Crippen molar-refractivity contribution < 1.29 is 14.1 Å². The van der Waals surface area contributed by atoms with E-state index >= 15 is 0 Å². The Hall–Kier alpha value is -2.41. The molecule has 26 heavy (non-hydrogen) atoms. The third kappa shape index (κ3) is 2.86. The number of carbonyl (C=O) groups excluding carboxylic acids is 1. The average molecular weight is 356 g/mol. The summed E-state index contributed by atoms with van der Waals surface area (Å²) in [6, 6.07) is 5.74. The molecule has 2 aliphatic rings. The zero-order chi connectivity index (χ0) is 18.1. The van der Waals surface area contributed by atoms with Gasteiger partial charge in [0.15, 0.2) is 0 Å². The van der Waals surface area contributed by atoms with Gasteiger partial charge in [0.1, 0.15) is 0 Å². The molecule has 4 rings (SSSR count). The molecule has 0 aliphatic carbocycles. The van der Waals surface area contributed by atoms with Crippen molar-refractivity contribution in [3.05, 3.63) is 41.4 Å². The van der Waals surface area contributed by atoms with Crippen molar-refractivity contribution >= 4 is 5.91 Å². The molecule has 0 atom stereocenters. The number of amides is 1. The van der Waals surface area contributed by atoms with Crippen molar-refractivity contribution in [2.75, 3.05) is 33.3 Å². The first-order valence-corrected chi connectivity index (χ1v) is 9.12. The molecule has 7 nitrogen and oxygen atoms in total. The quantitative estimate of drug-likeness (QED) is 0.839. The molecule has 4 heterocycles. The number of likely N-dealkylation sites (tertiary alicyclic amines) is 1. The highest BCUT2D eigenvalue weighted by atomic mass is 16.5. The first-order valence-electron chi connectivity index (χ1n) is 9.12. The number of ether oxygens (including phenoxy) is 1. The lowest BCUT2D eigenvalue weighted by atomic mass is 9.71. The number of carbonyl (C=O) groups is 1. The van der Waals surface area contributed by atoms with Crippen LogP contribution >= 0.6 is 0 Å². The van der Waals surface area contributed by atoms with E-state index in [1.807, 2.05) is 17.2 Å². The monoisotopic (exact) mass is 356 g/mol. The molecule has 0 aromatic carbocycles. The summed E-state index contributed by atoms with van der Waals surface area (Å²) in [5.41, 5.74) is 2.57. The molecule has 2 aromatic rings. The molecular weight excluding hydrogens is 332 g/mol. The summed E-state index contributed by atoms with van der Waals surface area (Å²) < 4.78 is 10.1. The van der Waals surface area contributed by atoms with Crippen LogP contribution in [-0.2, 0) is 12.0 Å². The number of hydrogen-bond donors (Lipinski definition) is 0. The number of piperidine rings is 1. The fourth-order valence-corrected chi connectivity index (χ4v) is 4.21. The molecular formula is C19H24N4O3. The zero-order valence-corrected chi connectivity index (χ0v) is 15.3. The van der Waals surface area contributed by atoms with Gasteiger partial charge in [-0.2, -0.15) is 0 Å². The van der Waals surface area contributed by atoms with Crippen LogP contribution in [0.5, 0.6) is 5.88 Å². The predicted octanol–water partition coefficient (Wildman–Crippen LogP) is 2.09. The maximum atomic E-state index is 12.7. The molecule has 138 valence electrons. The van der Waals surface area contributed by atoms with Crippen LogP contribution in [-0.4, -0.2) is 59.1 Å². The molecule has 0 radical (unpaired) electrons. The number of aromatic nitrogens is 2. The van der Waals surface area contributed by atoms with Crippen molar-refractivity contribution in [3.8, 4) is 5.88 Å². The number of hydrogen-bond acceptors (Lipinski definition) is 6. The van der Waals surface area contributed by atoms with Crippen molar-refractivity contribution in [2.45, 2.75) is 31.7 Å². The van der Waals surface area contributed by atoms with Gasteiger partial charge in [0, 0.05) is 37.8 Å². The minimum absolute atomic E-state index is 0.0285. The van der Waals surface area contributed by atoms with Gasteiger partial charge in [-0.3, -0.25) is 14.7 Å². The normalized spacial score (nSPS) is 19.4. The highest BCUT2D eigenvalue weighted by Crippen LogP contribution is 2.40. The lowest BCUT2D eigenvalue weighted by Gasteiger charge is -2.47. The summed E-state index contributed by atoms with van der Waals surface area (Å²) in [5, 5.41) is 3.72. The van der Waals surface area contributed by atoms with Crippen molar-refractivity contribution in [2.24, 2.45) is 0 Å². The third-order valence-electron chi connectivity index (χ3n) is 5.68. The molecule has 1 saturated heterocycles. The predicted molar refractivity (Wildman–Crippen MR) is 95.1 cm³/mol. The van der Waals surface area contributed by atoms with E-state index in [1.165, 1.54) is 18.4 Å². The van der Waals surface area contributed by atoms with Gasteiger partial charge in [-0.05, 0) is 36.2 Å².